The highest BCUT2D eigenvalue weighted by Crippen LogP contribution is 2.05. The van der Waals surface area contributed by atoms with E-state index < -0.39 is 12.0 Å². The lowest BCUT2D eigenvalue weighted by Crippen LogP contribution is -2.42. The quantitative estimate of drug-likeness (QED) is 0.804. The van der Waals surface area contributed by atoms with Crippen molar-refractivity contribution in [2.75, 3.05) is 0 Å². The van der Waals surface area contributed by atoms with Gasteiger partial charge < -0.3 is 10.4 Å². The van der Waals surface area contributed by atoms with Crippen LogP contribution in [0.25, 0.3) is 0 Å². The van der Waals surface area contributed by atoms with Crippen molar-refractivity contribution in [2.45, 2.75) is 25.3 Å². The fourth-order valence-electron chi connectivity index (χ4n) is 2.20. The third kappa shape index (κ3) is 4.44. The summed E-state index contributed by atoms with van der Waals surface area (Å²) in [4.78, 5) is 23.2. The second-order valence-electron chi connectivity index (χ2n) is 5.09. The molecule has 0 saturated carbocycles. The van der Waals surface area contributed by atoms with Crippen LogP contribution in [-0.2, 0) is 29.5 Å². The van der Waals surface area contributed by atoms with Gasteiger partial charge in [-0.1, -0.05) is 30.3 Å². The molecular weight excluding hydrogens is 282 g/mol. The molecule has 0 fully saturated rings. The van der Waals surface area contributed by atoms with Gasteiger partial charge in [0, 0.05) is 31.8 Å². The highest BCUT2D eigenvalue weighted by atomic mass is 16.4. The predicted molar refractivity (Wildman–Crippen MR) is 81.2 cm³/mol. The van der Waals surface area contributed by atoms with Crippen LogP contribution in [0, 0.1) is 0 Å². The second kappa shape index (κ2) is 7.40. The van der Waals surface area contributed by atoms with Crippen LogP contribution in [0.4, 0.5) is 0 Å². The molecule has 0 aliphatic heterocycles. The van der Waals surface area contributed by atoms with Gasteiger partial charge in [0.25, 0.3) is 0 Å². The summed E-state index contributed by atoms with van der Waals surface area (Å²) in [5.74, 6) is -1.30. The number of aromatic nitrogens is 2. The Morgan fingerprint density at radius 2 is 2.00 bits per heavy atom. The molecule has 22 heavy (non-hydrogen) atoms. The number of nitrogens with one attached hydrogen (secondary N) is 1. The molecule has 116 valence electrons. The lowest BCUT2D eigenvalue weighted by molar-refractivity contribution is -0.141. The number of nitrogens with zero attached hydrogens (tertiary/aromatic N) is 2. The number of carboxylic acid groups (broad SMARTS) is 1. The van der Waals surface area contributed by atoms with E-state index in [1.807, 2.05) is 43.4 Å². The highest BCUT2D eigenvalue weighted by molar-refractivity contribution is 5.83. The molecule has 2 N–H and O–H groups in total. The number of hydrogen-bond acceptors (Lipinski definition) is 3. The predicted octanol–water partition coefficient (Wildman–Crippen LogP) is 1.16. The molecule has 0 aliphatic carbocycles. The minimum absolute atomic E-state index is 0.234. The number of aliphatic carboxylic acids is 1. The largest absolute Gasteiger partial charge is 0.480 e. The van der Waals surface area contributed by atoms with Crippen molar-refractivity contribution < 1.29 is 14.7 Å². The first kappa shape index (κ1) is 15.8. The van der Waals surface area contributed by atoms with Crippen molar-refractivity contribution in [2.24, 2.45) is 7.05 Å². The summed E-state index contributed by atoms with van der Waals surface area (Å²) >= 11 is 0. The molecule has 1 amide bonds. The summed E-state index contributed by atoms with van der Waals surface area (Å²) in [5.41, 5.74) is 1.81. The van der Waals surface area contributed by atoms with E-state index in [2.05, 4.69) is 10.4 Å². The van der Waals surface area contributed by atoms with Gasteiger partial charge in [0.1, 0.15) is 6.04 Å². The minimum atomic E-state index is -1.03. The van der Waals surface area contributed by atoms with Crippen molar-refractivity contribution in [1.29, 1.82) is 0 Å². The van der Waals surface area contributed by atoms with Crippen molar-refractivity contribution in [3.05, 3.63) is 53.9 Å². The lowest BCUT2D eigenvalue weighted by atomic mass is 10.1. The normalized spacial score (nSPS) is 11.9. The molecule has 0 radical (unpaired) electrons. The van der Waals surface area contributed by atoms with Crippen LogP contribution in [0.15, 0.2) is 42.6 Å². The number of carboxylic acids is 1. The van der Waals surface area contributed by atoms with Crippen LogP contribution in [-0.4, -0.2) is 32.8 Å². The summed E-state index contributed by atoms with van der Waals surface area (Å²) in [5, 5.41) is 15.9. The fraction of sp³-hybridized carbons (Fsp3) is 0.312. The topological polar surface area (TPSA) is 84.2 Å². The molecule has 0 aliphatic rings. The molecule has 1 atom stereocenters. The SMILES string of the molecule is Cn1nccc1CCC(=O)NC(Cc1ccccc1)C(=O)O. The van der Waals surface area contributed by atoms with E-state index in [1.165, 1.54) is 0 Å². The van der Waals surface area contributed by atoms with E-state index in [0.717, 1.165) is 11.3 Å². The Labute approximate surface area is 128 Å². The van der Waals surface area contributed by atoms with Crippen LogP contribution in [0.1, 0.15) is 17.7 Å². The van der Waals surface area contributed by atoms with E-state index in [9.17, 15) is 14.7 Å². The van der Waals surface area contributed by atoms with Crippen molar-refractivity contribution in [3.8, 4) is 0 Å². The van der Waals surface area contributed by atoms with Gasteiger partial charge in [-0.25, -0.2) is 4.79 Å². The van der Waals surface area contributed by atoms with Crippen LogP contribution < -0.4 is 5.32 Å². The number of carbonyl (C=O) groups is 2. The standard InChI is InChI=1S/C16H19N3O3/c1-19-13(9-10-17-19)7-8-15(20)18-14(16(21)22)11-12-5-3-2-4-6-12/h2-6,9-10,14H,7-8,11H2,1H3,(H,18,20)(H,21,22). The van der Waals surface area contributed by atoms with Crippen molar-refractivity contribution >= 4 is 11.9 Å². The smallest absolute Gasteiger partial charge is 0.326 e. The van der Waals surface area contributed by atoms with Crippen LogP contribution in [0.3, 0.4) is 0 Å². The van der Waals surface area contributed by atoms with Gasteiger partial charge in [-0.2, -0.15) is 5.10 Å². The monoisotopic (exact) mass is 301 g/mol. The first-order chi connectivity index (χ1) is 10.6. The van der Waals surface area contributed by atoms with Gasteiger partial charge in [-0.15, -0.1) is 0 Å². The molecular formula is C16H19N3O3. The summed E-state index contributed by atoms with van der Waals surface area (Å²) in [7, 11) is 1.81. The molecule has 1 aromatic carbocycles. The number of aryl methyl sites for hydroxylation is 2. The summed E-state index contributed by atoms with van der Waals surface area (Å²) in [6, 6.07) is 10.2. The second-order valence-corrected chi connectivity index (χ2v) is 5.09. The summed E-state index contributed by atoms with van der Waals surface area (Å²) in [6.07, 6.45) is 2.70. The molecule has 2 aromatic rings. The zero-order chi connectivity index (χ0) is 15.9. The Balaban J connectivity index is 1.89. The number of rotatable bonds is 7. The molecule has 1 aromatic heterocycles. The highest BCUT2D eigenvalue weighted by Gasteiger charge is 2.20. The fourth-order valence-corrected chi connectivity index (χ4v) is 2.20. The molecule has 2 rings (SSSR count). The number of hydrogen-bond donors (Lipinski definition) is 2. The molecule has 6 heteroatoms. The molecule has 0 spiro atoms. The van der Waals surface area contributed by atoms with Gasteiger partial charge in [-0.05, 0) is 18.1 Å². The average molecular weight is 301 g/mol. The van der Waals surface area contributed by atoms with Gasteiger partial charge in [0.2, 0.25) is 5.91 Å². The average Bonchev–Trinajstić information content (AvgIpc) is 2.91. The van der Waals surface area contributed by atoms with Crippen molar-refractivity contribution in [1.82, 2.24) is 15.1 Å². The zero-order valence-corrected chi connectivity index (χ0v) is 12.4. The van der Waals surface area contributed by atoms with Crippen LogP contribution in [0.2, 0.25) is 0 Å². The molecule has 0 saturated heterocycles. The number of amides is 1. The minimum Gasteiger partial charge on any atom is -0.480 e. The number of carbonyl (C=O) groups excluding carboxylic acids is 1. The molecule has 1 unspecified atom stereocenters. The van der Waals surface area contributed by atoms with Gasteiger partial charge in [0.05, 0.1) is 0 Å². The van der Waals surface area contributed by atoms with Gasteiger partial charge in [-0.3, -0.25) is 9.48 Å². The zero-order valence-electron chi connectivity index (χ0n) is 12.4. The molecule has 6 nitrogen and oxygen atoms in total. The van der Waals surface area contributed by atoms with Crippen LogP contribution >= 0.6 is 0 Å². The number of benzene rings is 1. The molecule has 0 bridgehead atoms. The Morgan fingerprint density at radius 3 is 2.59 bits per heavy atom. The Hall–Kier alpha value is -2.63. The Morgan fingerprint density at radius 1 is 1.27 bits per heavy atom. The molecule has 1 heterocycles. The Bertz CT molecular complexity index is 637. The van der Waals surface area contributed by atoms with E-state index in [0.29, 0.717) is 6.42 Å². The third-order valence-electron chi connectivity index (χ3n) is 3.45. The maximum absolute atomic E-state index is 12.0. The van der Waals surface area contributed by atoms with E-state index in [4.69, 9.17) is 0 Å². The maximum atomic E-state index is 12.0. The van der Waals surface area contributed by atoms with Gasteiger partial charge in [0.15, 0.2) is 0 Å². The summed E-state index contributed by atoms with van der Waals surface area (Å²) < 4.78 is 1.70. The van der Waals surface area contributed by atoms with E-state index in [-0.39, 0.29) is 18.7 Å². The lowest BCUT2D eigenvalue weighted by Gasteiger charge is -2.14. The van der Waals surface area contributed by atoms with Crippen LogP contribution in [0.5, 0.6) is 0 Å². The first-order valence-corrected chi connectivity index (χ1v) is 7.09. The van der Waals surface area contributed by atoms with E-state index in [1.54, 1.807) is 10.9 Å². The first-order valence-electron chi connectivity index (χ1n) is 7.09. The maximum Gasteiger partial charge on any atom is 0.326 e. The third-order valence-corrected chi connectivity index (χ3v) is 3.45. The van der Waals surface area contributed by atoms with E-state index >= 15 is 0 Å². The van der Waals surface area contributed by atoms with Crippen molar-refractivity contribution in [3.63, 3.8) is 0 Å². The summed E-state index contributed by atoms with van der Waals surface area (Å²) in [6.45, 7) is 0. The van der Waals surface area contributed by atoms with Gasteiger partial charge >= 0.3 is 5.97 Å². The Kier molecular flexibility index (Phi) is 5.30.